The quantitative estimate of drug-likeness (QED) is 0.444. The zero-order valence-electron chi connectivity index (χ0n) is 16.1. The lowest BCUT2D eigenvalue weighted by molar-refractivity contribution is -0.118. The van der Waals surface area contributed by atoms with E-state index in [0.29, 0.717) is 18.2 Å². The molecule has 28 heavy (non-hydrogen) atoms. The predicted octanol–water partition coefficient (Wildman–Crippen LogP) is 3.06. The number of nitrogens with zero attached hydrogens (tertiary/aromatic N) is 5. The number of hydrogen-bond donors (Lipinski definition) is 1. The summed E-state index contributed by atoms with van der Waals surface area (Å²) in [5, 5.41) is 16.5. The lowest BCUT2D eigenvalue weighted by atomic mass is 10.1. The first-order valence-electron chi connectivity index (χ1n) is 9.12. The zero-order chi connectivity index (χ0) is 19.9. The normalized spacial score (nSPS) is 10.8. The van der Waals surface area contributed by atoms with Gasteiger partial charge in [0.2, 0.25) is 5.91 Å². The largest absolute Gasteiger partial charge is 0.351 e. The van der Waals surface area contributed by atoms with Crippen molar-refractivity contribution in [3.8, 4) is 11.4 Å². The first kappa shape index (κ1) is 19.9. The van der Waals surface area contributed by atoms with Crippen LogP contribution in [-0.2, 0) is 24.4 Å². The Morgan fingerprint density at radius 1 is 1.29 bits per heavy atom. The van der Waals surface area contributed by atoms with Crippen molar-refractivity contribution in [3.63, 3.8) is 0 Å². The highest BCUT2D eigenvalue weighted by molar-refractivity contribution is 7.99. The Hall–Kier alpha value is -2.87. The summed E-state index contributed by atoms with van der Waals surface area (Å²) >= 11 is 1.36. The van der Waals surface area contributed by atoms with E-state index in [0.717, 1.165) is 23.5 Å². The molecule has 2 heterocycles. The van der Waals surface area contributed by atoms with Crippen molar-refractivity contribution >= 4 is 17.7 Å². The smallest absolute Gasteiger partial charge is 0.230 e. The number of benzene rings is 1. The fourth-order valence-electron chi connectivity index (χ4n) is 2.64. The van der Waals surface area contributed by atoms with Gasteiger partial charge in [-0.05, 0) is 19.4 Å². The molecule has 0 atom stereocenters. The minimum Gasteiger partial charge on any atom is -0.351 e. The van der Waals surface area contributed by atoms with Crippen molar-refractivity contribution in [2.75, 3.05) is 5.75 Å². The average Bonchev–Trinajstić information content (AvgIpc) is 3.33. The van der Waals surface area contributed by atoms with Gasteiger partial charge in [0.25, 0.3) is 0 Å². The van der Waals surface area contributed by atoms with E-state index in [-0.39, 0.29) is 11.7 Å². The zero-order valence-corrected chi connectivity index (χ0v) is 16.9. The number of aryl methyl sites for hydroxylation is 2. The molecular formula is C20H24N6OS. The Balaban J connectivity index is 1.62. The lowest BCUT2D eigenvalue weighted by Crippen LogP contribution is -2.24. The van der Waals surface area contributed by atoms with Crippen LogP contribution in [0.5, 0.6) is 0 Å². The number of rotatable bonds is 9. The summed E-state index contributed by atoms with van der Waals surface area (Å²) in [6.45, 7) is 9.75. The Labute approximate surface area is 168 Å². The molecule has 3 aromatic rings. The van der Waals surface area contributed by atoms with Crippen molar-refractivity contribution < 1.29 is 4.79 Å². The van der Waals surface area contributed by atoms with Gasteiger partial charge in [-0.3, -0.25) is 14.0 Å². The molecule has 0 aliphatic carbocycles. The Bertz CT molecular complexity index is 944. The van der Waals surface area contributed by atoms with Crippen molar-refractivity contribution in [2.24, 2.45) is 0 Å². The first-order valence-corrected chi connectivity index (χ1v) is 10.1. The van der Waals surface area contributed by atoms with Crippen LogP contribution in [0.15, 0.2) is 54.5 Å². The topological polar surface area (TPSA) is 77.6 Å². The third-order valence-electron chi connectivity index (χ3n) is 4.19. The predicted molar refractivity (Wildman–Crippen MR) is 111 cm³/mol. The van der Waals surface area contributed by atoms with E-state index in [2.05, 4.69) is 27.2 Å². The molecule has 0 saturated heterocycles. The Morgan fingerprint density at radius 3 is 2.75 bits per heavy atom. The van der Waals surface area contributed by atoms with Gasteiger partial charge in [0.05, 0.1) is 17.5 Å². The van der Waals surface area contributed by atoms with E-state index in [1.165, 1.54) is 17.3 Å². The molecule has 0 aliphatic heterocycles. The molecule has 1 amide bonds. The molecule has 0 fully saturated rings. The van der Waals surface area contributed by atoms with Crippen LogP contribution < -0.4 is 5.32 Å². The highest BCUT2D eigenvalue weighted by atomic mass is 32.2. The second-order valence-electron chi connectivity index (χ2n) is 6.34. The molecule has 0 bridgehead atoms. The van der Waals surface area contributed by atoms with Crippen molar-refractivity contribution in [3.05, 3.63) is 60.4 Å². The standard InChI is InChI=1S/C20H24N6OS/c1-4-10-26-19(17-12-22-25(5-2)13-17)23-24-20(26)28-14-18(27)21-11-16-8-6-15(3)7-9-16/h4,6-9,12-13H,1,5,10-11,14H2,2-3H3,(H,21,27). The number of nitrogens with one attached hydrogen (secondary N) is 1. The van der Waals surface area contributed by atoms with Crippen LogP contribution in [0.3, 0.4) is 0 Å². The number of aromatic nitrogens is 5. The van der Waals surface area contributed by atoms with E-state index < -0.39 is 0 Å². The van der Waals surface area contributed by atoms with Gasteiger partial charge in [-0.25, -0.2) is 0 Å². The van der Waals surface area contributed by atoms with Gasteiger partial charge < -0.3 is 5.32 Å². The lowest BCUT2D eigenvalue weighted by Gasteiger charge is -2.07. The van der Waals surface area contributed by atoms with Gasteiger partial charge in [-0.15, -0.1) is 16.8 Å². The number of allylic oxidation sites excluding steroid dienone is 1. The molecule has 0 radical (unpaired) electrons. The number of amides is 1. The maximum atomic E-state index is 12.2. The SMILES string of the molecule is C=CCn1c(SCC(=O)NCc2ccc(C)cc2)nnc1-c1cnn(CC)c1. The van der Waals surface area contributed by atoms with E-state index in [4.69, 9.17) is 0 Å². The maximum Gasteiger partial charge on any atom is 0.230 e. The van der Waals surface area contributed by atoms with Crippen LogP contribution in [-0.4, -0.2) is 36.2 Å². The van der Waals surface area contributed by atoms with Crippen molar-refractivity contribution in [1.82, 2.24) is 29.9 Å². The fourth-order valence-corrected chi connectivity index (χ4v) is 3.42. The monoisotopic (exact) mass is 396 g/mol. The highest BCUT2D eigenvalue weighted by Gasteiger charge is 2.16. The molecule has 3 rings (SSSR count). The Morgan fingerprint density at radius 2 is 2.07 bits per heavy atom. The Kier molecular flexibility index (Phi) is 6.65. The third kappa shape index (κ3) is 4.89. The van der Waals surface area contributed by atoms with Crippen LogP contribution in [0.25, 0.3) is 11.4 Å². The average molecular weight is 397 g/mol. The van der Waals surface area contributed by atoms with Crippen LogP contribution in [0, 0.1) is 6.92 Å². The number of thioether (sulfide) groups is 1. The van der Waals surface area contributed by atoms with Gasteiger partial charge >= 0.3 is 0 Å². The first-order chi connectivity index (χ1) is 13.6. The molecule has 1 N–H and O–H groups in total. The summed E-state index contributed by atoms with van der Waals surface area (Å²) in [7, 11) is 0. The third-order valence-corrected chi connectivity index (χ3v) is 5.15. The number of carbonyl (C=O) groups is 1. The summed E-state index contributed by atoms with van der Waals surface area (Å²) in [5.74, 6) is 0.955. The minimum absolute atomic E-state index is 0.0425. The highest BCUT2D eigenvalue weighted by Crippen LogP contribution is 2.23. The molecule has 146 valence electrons. The van der Waals surface area contributed by atoms with Crippen LogP contribution >= 0.6 is 11.8 Å². The van der Waals surface area contributed by atoms with Gasteiger partial charge in [-0.2, -0.15) is 5.10 Å². The van der Waals surface area contributed by atoms with E-state index >= 15 is 0 Å². The molecule has 0 saturated carbocycles. The van der Waals surface area contributed by atoms with Crippen molar-refractivity contribution in [2.45, 2.75) is 38.6 Å². The van der Waals surface area contributed by atoms with Gasteiger partial charge in [0.1, 0.15) is 0 Å². The van der Waals surface area contributed by atoms with E-state index in [1.807, 2.05) is 53.6 Å². The van der Waals surface area contributed by atoms with Gasteiger partial charge in [0, 0.05) is 25.8 Å². The molecule has 0 aliphatic rings. The molecule has 1 aromatic carbocycles. The van der Waals surface area contributed by atoms with E-state index in [1.54, 1.807) is 12.3 Å². The molecule has 8 heteroatoms. The molecular weight excluding hydrogens is 372 g/mol. The summed E-state index contributed by atoms with van der Waals surface area (Å²) in [4.78, 5) is 12.2. The second-order valence-corrected chi connectivity index (χ2v) is 7.28. The second kappa shape index (κ2) is 9.36. The summed E-state index contributed by atoms with van der Waals surface area (Å²) in [6.07, 6.45) is 5.50. The van der Waals surface area contributed by atoms with Crippen LogP contribution in [0.4, 0.5) is 0 Å². The molecule has 0 spiro atoms. The van der Waals surface area contributed by atoms with Crippen molar-refractivity contribution in [1.29, 1.82) is 0 Å². The summed E-state index contributed by atoms with van der Waals surface area (Å²) < 4.78 is 3.79. The maximum absolute atomic E-state index is 12.2. The molecule has 7 nitrogen and oxygen atoms in total. The number of carbonyl (C=O) groups excluding carboxylic acids is 1. The van der Waals surface area contributed by atoms with Gasteiger partial charge in [-0.1, -0.05) is 47.7 Å². The summed E-state index contributed by atoms with van der Waals surface area (Å²) in [5.41, 5.74) is 3.17. The summed E-state index contributed by atoms with van der Waals surface area (Å²) in [6, 6.07) is 8.12. The fraction of sp³-hybridized carbons (Fsp3) is 0.300. The molecule has 2 aromatic heterocycles. The van der Waals surface area contributed by atoms with E-state index in [9.17, 15) is 4.79 Å². The molecule has 0 unspecified atom stereocenters. The minimum atomic E-state index is -0.0425. The van der Waals surface area contributed by atoms with Crippen LogP contribution in [0.1, 0.15) is 18.1 Å². The van der Waals surface area contributed by atoms with Gasteiger partial charge in [0.15, 0.2) is 11.0 Å². The van der Waals surface area contributed by atoms with Crippen LogP contribution in [0.2, 0.25) is 0 Å². The number of hydrogen-bond acceptors (Lipinski definition) is 5.